The normalized spacial score (nSPS) is 11.4. The molecule has 0 saturated heterocycles. The molecule has 1 heterocycles. The molecule has 0 saturated carbocycles. The van der Waals surface area contributed by atoms with Gasteiger partial charge in [-0.1, -0.05) is 6.07 Å². The zero-order chi connectivity index (χ0) is 14.9. The summed E-state index contributed by atoms with van der Waals surface area (Å²) in [4.78, 5) is 15.4. The molecule has 0 aliphatic rings. The summed E-state index contributed by atoms with van der Waals surface area (Å²) in [6.45, 7) is 5.04. The lowest BCUT2D eigenvalue weighted by Crippen LogP contribution is -2.28. The van der Waals surface area contributed by atoms with Crippen molar-refractivity contribution in [1.29, 1.82) is 0 Å². The molecule has 4 nitrogen and oxygen atoms in total. The van der Waals surface area contributed by atoms with Crippen molar-refractivity contribution in [2.24, 2.45) is 0 Å². The maximum atomic E-state index is 13.6. The Hall–Kier alpha value is -1.95. The van der Waals surface area contributed by atoms with Gasteiger partial charge in [-0.3, -0.25) is 4.79 Å². The molecule has 1 aromatic heterocycles. The number of carbonyl (C=O) groups is 1. The fourth-order valence-corrected chi connectivity index (χ4v) is 2.47. The quantitative estimate of drug-likeness (QED) is 0.902. The average Bonchev–Trinajstić information content (AvgIpc) is 2.83. The standard InChI is InChI=1S/C14H15FN2O2S/c1-8-4-5-9(15)10(6-8)16-13-17-11(7-20-13)14(2,3)12(18)19/h4-7H,1-3H3,(H,16,17)(H,18,19). The fourth-order valence-electron chi connectivity index (χ4n) is 1.58. The maximum Gasteiger partial charge on any atom is 0.315 e. The molecule has 0 amide bonds. The summed E-state index contributed by atoms with van der Waals surface area (Å²) in [5.74, 6) is -1.32. The van der Waals surface area contributed by atoms with Gasteiger partial charge in [-0.2, -0.15) is 0 Å². The van der Waals surface area contributed by atoms with Gasteiger partial charge in [0.05, 0.1) is 11.4 Å². The van der Waals surface area contributed by atoms with E-state index >= 15 is 0 Å². The van der Waals surface area contributed by atoms with Crippen LogP contribution < -0.4 is 5.32 Å². The summed E-state index contributed by atoms with van der Waals surface area (Å²) in [6.07, 6.45) is 0. The van der Waals surface area contributed by atoms with Crippen molar-refractivity contribution in [3.05, 3.63) is 40.7 Å². The second-order valence-corrected chi connectivity index (χ2v) is 5.93. The van der Waals surface area contributed by atoms with Crippen molar-refractivity contribution in [3.63, 3.8) is 0 Å². The Morgan fingerprint density at radius 2 is 2.15 bits per heavy atom. The second kappa shape index (κ2) is 5.20. The molecular formula is C14H15FN2O2S. The minimum atomic E-state index is -1.07. The van der Waals surface area contributed by atoms with Crippen LogP contribution in [0, 0.1) is 12.7 Å². The Morgan fingerprint density at radius 3 is 2.80 bits per heavy atom. The lowest BCUT2D eigenvalue weighted by atomic mass is 9.90. The van der Waals surface area contributed by atoms with Crippen molar-refractivity contribution in [2.75, 3.05) is 5.32 Å². The number of nitrogens with one attached hydrogen (secondary N) is 1. The van der Waals surface area contributed by atoms with Crippen LogP contribution in [0.25, 0.3) is 0 Å². The van der Waals surface area contributed by atoms with Crippen LogP contribution in [0.5, 0.6) is 0 Å². The van der Waals surface area contributed by atoms with Crippen LogP contribution in [0.3, 0.4) is 0 Å². The highest BCUT2D eigenvalue weighted by Gasteiger charge is 2.32. The van der Waals surface area contributed by atoms with E-state index < -0.39 is 11.4 Å². The number of rotatable bonds is 4. The Morgan fingerprint density at radius 1 is 1.45 bits per heavy atom. The lowest BCUT2D eigenvalue weighted by Gasteiger charge is -2.15. The second-order valence-electron chi connectivity index (χ2n) is 5.08. The summed E-state index contributed by atoms with van der Waals surface area (Å²) >= 11 is 1.25. The molecule has 0 atom stereocenters. The molecule has 0 aliphatic carbocycles. The first-order valence-electron chi connectivity index (χ1n) is 6.03. The third-order valence-corrected chi connectivity index (χ3v) is 3.80. The largest absolute Gasteiger partial charge is 0.481 e. The highest BCUT2D eigenvalue weighted by Crippen LogP contribution is 2.29. The highest BCUT2D eigenvalue weighted by molar-refractivity contribution is 7.13. The molecule has 2 N–H and O–H groups in total. The number of carboxylic acids is 1. The molecule has 0 spiro atoms. The predicted octanol–water partition coefficient (Wildman–Crippen LogP) is 3.70. The number of halogens is 1. The van der Waals surface area contributed by atoms with E-state index in [0.717, 1.165) is 5.56 Å². The number of hydrogen-bond acceptors (Lipinski definition) is 4. The van der Waals surface area contributed by atoms with E-state index in [0.29, 0.717) is 16.5 Å². The summed E-state index contributed by atoms with van der Waals surface area (Å²) in [5, 5.41) is 14.2. The number of hydrogen-bond donors (Lipinski definition) is 2. The van der Waals surface area contributed by atoms with Crippen LogP contribution in [0.2, 0.25) is 0 Å². The van der Waals surface area contributed by atoms with Gasteiger partial charge in [-0.15, -0.1) is 11.3 Å². The van der Waals surface area contributed by atoms with Gasteiger partial charge < -0.3 is 10.4 Å². The van der Waals surface area contributed by atoms with Crippen molar-refractivity contribution >= 4 is 28.1 Å². The summed E-state index contributed by atoms with van der Waals surface area (Å²) < 4.78 is 13.6. The molecule has 2 rings (SSSR count). The third-order valence-electron chi connectivity index (χ3n) is 3.04. The third kappa shape index (κ3) is 2.80. The van der Waals surface area contributed by atoms with E-state index in [1.54, 1.807) is 31.4 Å². The number of benzene rings is 1. The SMILES string of the molecule is Cc1ccc(F)c(Nc2nc(C(C)(C)C(=O)O)cs2)c1. The van der Waals surface area contributed by atoms with Crippen molar-refractivity contribution in [1.82, 2.24) is 4.98 Å². The fraction of sp³-hybridized carbons (Fsp3) is 0.286. The molecule has 20 heavy (non-hydrogen) atoms. The predicted molar refractivity (Wildman–Crippen MR) is 77.2 cm³/mol. The van der Waals surface area contributed by atoms with E-state index in [-0.39, 0.29) is 5.82 Å². The molecule has 106 valence electrons. The number of aryl methyl sites for hydroxylation is 1. The van der Waals surface area contributed by atoms with Gasteiger partial charge >= 0.3 is 5.97 Å². The van der Waals surface area contributed by atoms with Crippen LogP contribution in [0.4, 0.5) is 15.2 Å². The number of anilines is 2. The van der Waals surface area contributed by atoms with Gasteiger partial charge in [-0.05, 0) is 38.5 Å². The summed E-state index contributed by atoms with van der Waals surface area (Å²) in [5.41, 5.74) is 0.642. The minimum Gasteiger partial charge on any atom is -0.481 e. The molecule has 0 fully saturated rings. The van der Waals surface area contributed by atoms with Crippen LogP contribution in [0.1, 0.15) is 25.1 Å². The van der Waals surface area contributed by atoms with E-state index in [2.05, 4.69) is 10.3 Å². The molecule has 0 unspecified atom stereocenters. The Labute approximate surface area is 120 Å². The van der Waals surface area contributed by atoms with Crippen molar-refractivity contribution in [2.45, 2.75) is 26.2 Å². The van der Waals surface area contributed by atoms with E-state index in [4.69, 9.17) is 5.11 Å². The molecule has 1 aromatic carbocycles. The molecule has 2 aromatic rings. The van der Waals surface area contributed by atoms with Gasteiger partial charge in [0.2, 0.25) is 0 Å². The number of aliphatic carboxylic acids is 1. The van der Waals surface area contributed by atoms with E-state index in [9.17, 15) is 9.18 Å². The topological polar surface area (TPSA) is 62.2 Å². The first kappa shape index (κ1) is 14.5. The lowest BCUT2D eigenvalue weighted by molar-refractivity contribution is -0.142. The molecule has 0 aliphatic heterocycles. The molecule has 0 bridgehead atoms. The zero-order valence-corrected chi connectivity index (χ0v) is 12.2. The first-order chi connectivity index (χ1) is 9.30. The van der Waals surface area contributed by atoms with Crippen molar-refractivity contribution < 1.29 is 14.3 Å². The van der Waals surface area contributed by atoms with Gasteiger partial charge in [-0.25, -0.2) is 9.37 Å². The van der Waals surface area contributed by atoms with Crippen LogP contribution >= 0.6 is 11.3 Å². The Balaban J connectivity index is 2.26. The zero-order valence-electron chi connectivity index (χ0n) is 11.4. The molecule has 6 heteroatoms. The summed E-state index contributed by atoms with van der Waals surface area (Å²) in [6, 6.07) is 4.74. The number of carboxylic acid groups (broad SMARTS) is 1. The maximum absolute atomic E-state index is 13.6. The number of nitrogens with zero attached hydrogens (tertiary/aromatic N) is 1. The number of thiazole rings is 1. The van der Waals surface area contributed by atoms with Gasteiger partial charge in [0.25, 0.3) is 0 Å². The first-order valence-corrected chi connectivity index (χ1v) is 6.91. The van der Waals surface area contributed by atoms with Gasteiger partial charge in [0, 0.05) is 5.38 Å². The summed E-state index contributed by atoms with van der Waals surface area (Å²) in [7, 11) is 0. The molecule has 0 radical (unpaired) electrons. The Bertz CT molecular complexity index is 652. The van der Waals surface area contributed by atoms with Gasteiger partial charge in [0.15, 0.2) is 5.13 Å². The van der Waals surface area contributed by atoms with Crippen LogP contribution in [-0.2, 0) is 10.2 Å². The van der Waals surface area contributed by atoms with Gasteiger partial charge in [0.1, 0.15) is 11.2 Å². The van der Waals surface area contributed by atoms with E-state index in [1.807, 2.05) is 6.92 Å². The Kier molecular flexibility index (Phi) is 3.76. The smallest absolute Gasteiger partial charge is 0.315 e. The highest BCUT2D eigenvalue weighted by atomic mass is 32.1. The molecular weight excluding hydrogens is 279 g/mol. The monoisotopic (exact) mass is 294 g/mol. The average molecular weight is 294 g/mol. The van der Waals surface area contributed by atoms with E-state index in [1.165, 1.54) is 17.4 Å². The minimum absolute atomic E-state index is 0.332. The number of aromatic nitrogens is 1. The van der Waals surface area contributed by atoms with Crippen LogP contribution in [-0.4, -0.2) is 16.1 Å². The van der Waals surface area contributed by atoms with Crippen molar-refractivity contribution in [3.8, 4) is 0 Å². The van der Waals surface area contributed by atoms with Crippen LogP contribution in [0.15, 0.2) is 23.6 Å².